The number of aliphatic hydroxyl groups excluding tert-OH is 1. The van der Waals surface area contributed by atoms with Crippen molar-refractivity contribution < 1.29 is 41.4 Å². The first-order valence-corrected chi connectivity index (χ1v) is 11.1. The number of likely N-dealkylation sites (N-methyl/N-ethyl adjacent to an activating group) is 1. The number of aromatic nitrogens is 1. The van der Waals surface area contributed by atoms with Crippen LogP contribution in [0.25, 0.3) is 0 Å². The Morgan fingerprint density at radius 1 is 1.11 bits per heavy atom. The molecule has 1 atom stereocenters. The number of benzene rings is 1. The first-order chi connectivity index (χ1) is 16.8. The predicted molar refractivity (Wildman–Crippen MR) is 116 cm³/mol. The summed E-state index contributed by atoms with van der Waals surface area (Å²) in [7, 11) is 1.22. The second-order valence-electron chi connectivity index (χ2n) is 9.04. The van der Waals surface area contributed by atoms with Crippen molar-refractivity contribution in [1.29, 1.82) is 0 Å². The molecule has 4 N–H and O–H groups in total. The lowest BCUT2D eigenvalue weighted by atomic mass is 9.72. The van der Waals surface area contributed by atoms with Gasteiger partial charge in [-0.05, 0) is 25.3 Å². The Labute approximate surface area is 201 Å². The second-order valence-corrected chi connectivity index (χ2v) is 9.04. The molecule has 8 nitrogen and oxygen atoms in total. The Hall–Kier alpha value is -3.48. The summed E-state index contributed by atoms with van der Waals surface area (Å²) in [5, 5.41) is 17.6. The van der Waals surface area contributed by atoms with Crippen molar-refractivity contribution in [3.8, 4) is 0 Å². The molecular formula is C23H23F5N4O4. The molecule has 0 radical (unpaired) electrons. The lowest BCUT2D eigenvalue weighted by molar-refractivity contribution is -0.164. The van der Waals surface area contributed by atoms with Crippen LogP contribution in [-0.2, 0) is 22.6 Å². The van der Waals surface area contributed by atoms with Gasteiger partial charge in [0.05, 0.1) is 5.69 Å². The number of nitrogens with zero attached hydrogens (tertiary/aromatic N) is 1. The molecule has 2 aliphatic rings. The van der Waals surface area contributed by atoms with Gasteiger partial charge in [0.1, 0.15) is 5.54 Å². The van der Waals surface area contributed by atoms with E-state index >= 15 is 0 Å². The monoisotopic (exact) mass is 514 g/mol. The van der Waals surface area contributed by atoms with Gasteiger partial charge in [-0.3, -0.25) is 14.4 Å². The molecule has 1 aromatic carbocycles. The Morgan fingerprint density at radius 2 is 1.72 bits per heavy atom. The average molecular weight is 514 g/mol. The highest BCUT2D eigenvalue weighted by Crippen LogP contribution is 2.46. The van der Waals surface area contributed by atoms with E-state index in [0.29, 0.717) is 37.2 Å². The first-order valence-electron chi connectivity index (χ1n) is 11.1. The zero-order chi connectivity index (χ0) is 26.6. The molecule has 194 valence electrons. The lowest BCUT2D eigenvalue weighted by Gasteiger charge is -2.45. The van der Waals surface area contributed by atoms with Crippen LogP contribution in [0.5, 0.6) is 0 Å². The number of aliphatic hydroxyl groups is 1. The topological polar surface area (TPSA) is 112 Å². The summed E-state index contributed by atoms with van der Waals surface area (Å²) < 4.78 is 69.1. The van der Waals surface area contributed by atoms with Crippen molar-refractivity contribution >= 4 is 23.3 Å². The minimum absolute atomic E-state index is 0.106. The highest BCUT2D eigenvalue weighted by atomic mass is 19.3. The van der Waals surface area contributed by atoms with Crippen molar-refractivity contribution in [2.45, 2.75) is 56.8 Å². The highest BCUT2D eigenvalue weighted by molar-refractivity contribution is 6.43. The molecule has 36 heavy (non-hydrogen) atoms. The fraction of sp³-hybridized carbons (Fsp3) is 0.435. The molecule has 4 rings (SSSR count). The fourth-order valence-corrected chi connectivity index (χ4v) is 5.03. The SMILES string of the molecule is CNC(=O)C1(NC(=O)C(=O)c2c(C)c(C(O)Nc3cc(F)c(F)c(F)c3)c3n2CCC3)CC(F)(F)C1. The van der Waals surface area contributed by atoms with Crippen molar-refractivity contribution in [3.05, 3.63) is 52.1 Å². The average Bonchev–Trinajstić information content (AvgIpc) is 3.34. The first kappa shape index (κ1) is 25.6. The summed E-state index contributed by atoms with van der Waals surface area (Å²) in [5.41, 5.74) is -1.44. The Morgan fingerprint density at radius 3 is 2.28 bits per heavy atom. The minimum Gasteiger partial charge on any atom is -0.369 e. The second kappa shape index (κ2) is 8.87. The maximum atomic E-state index is 13.6. The summed E-state index contributed by atoms with van der Waals surface area (Å²) in [6.45, 7) is 1.76. The van der Waals surface area contributed by atoms with Gasteiger partial charge in [0.15, 0.2) is 23.7 Å². The molecule has 1 fully saturated rings. The van der Waals surface area contributed by atoms with E-state index in [9.17, 15) is 41.4 Å². The molecule has 2 heterocycles. The zero-order valence-electron chi connectivity index (χ0n) is 19.3. The number of fused-ring (bicyclic) bond motifs is 1. The quantitative estimate of drug-likeness (QED) is 0.149. The number of ketones is 1. The van der Waals surface area contributed by atoms with E-state index in [1.54, 1.807) is 0 Å². The standard InChI is InChI=1S/C23H23F5N4O4/c1-10-15(19(34)30-11-6-12(24)16(26)13(25)7-11)14-4-3-5-32(14)17(10)18(33)20(35)31-22(21(36)29-2)8-23(27,28)9-22/h6-7,19,30,34H,3-5,8-9H2,1-2H3,(H,29,36)(H,31,35). The van der Waals surface area contributed by atoms with Crippen LogP contribution in [0.3, 0.4) is 0 Å². The lowest BCUT2D eigenvalue weighted by Crippen LogP contribution is -2.69. The van der Waals surface area contributed by atoms with Gasteiger partial charge in [0, 0.05) is 55.5 Å². The summed E-state index contributed by atoms with van der Waals surface area (Å²) >= 11 is 0. The third-order valence-electron chi connectivity index (χ3n) is 6.58. The predicted octanol–water partition coefficient (Wildman–Crippen LogP) is 2.48. The van der Waals surface area contributed by atoms with E-state index in [4.69, 9.17) is 0 Å². The van der Waals surface area contributed by atoms with E-state index in [1.807, 2.05) is 0 Å². The van der Waals surface area contributed by atoms with Gasteiger partial charge in [-0.15, -0.1) is 0 Å². The molecule has 13 heteroatoms. The van der Waals surface area contributed by atoms with Gasteiger partial charge in [0.25, 0.3) is 17.6 Å². The summed E-state index contributed by atoms with van der Waals surface area (Å²) in [6, 6.07) is 1.30. The molecule has 0 spiro atoms. The van der Waals surface area contributed by atoms with Gasteiger partial charge < -0.3 is 25.6 Å². The van der Waals surface area contributed by atoms with Gasteiger partial charge in [-0.2, -0.15) is 0 Å². The summed E-state index contributed by atoms with van der Waals surface area (Å²) in [5.74, 6) is -11.0. The number of rotatable bonds is 7. The number of amides is 2. The zero-order valence-corrected chi connectivity index (χ0v) is 19.3. The summed E-state index contributed by atoms with van der Waals surface area (Å²) in [4.78, 5) is 38.2. The molecule has 1 aromatic heterocycles. The number of carbonyl (C=O) groups excluding carboxylic acids is 3. The van der Waals surface area contributed by atoms with Crippen LogP contribution >= 0.6 is 0 Å². The van der Waals surface area contributed by atoms with Gasteiger partial charge >= 0.3 is 0 Å². The molecule has 1 unspecified atom stereocenters. The Balaban J connectivity index is 1.62. The van der Waals surface area contributed by atoms with E-state index in [-0.39, 0.29) is 22.5 Å². The summed E-state index contributed by atoms with van der Waals surface area (Å²) in [6.07, 6.45) is -2.53. The van der Waals surface area contributed by atoms with Crippen LogP contribution in [0.15, 0.2) is 12.1 Å². The normalized spacial score (nSPS) is 18.1. The largest absolute Gasteiger partial charge is 0.369 e. The molecule has 1 saturated carbocycles. The molecule has 0 saturated heterocycles. The number of nitrogens with one attached hydrogen (secondary N) is 3. The van der Waals surface area contributed by atoms with Crippen LogP contribution in [0.1, 0.15) is 52.8 Å². The number of Topliss-reactive ketones (excluding diaryl/α,β-unsaturated/α-hetero) is 1. The third kappa shape index (κ3) is 4.21. The minimum atomic E-state index is -3.17. The van der Waals surface area contributed by atoms with E-state index in [1.165, 1.54) is 18.5 Å². The van der Waals surface area contributed by atoms with Crippen molar-refractivity contribution in [3.63, 3.8) is 0 Å². The van der Waals surface area contributed by atoms with Crippen LogP contribution in [0, 0.1) is 24.4 Å². The number of halogens is 5. The van der Waals surface area contributed by atoms with E-state index < -0.39 is 65.6 Å². The molecule has 1 aliphatic carbocycles. The molecule has 0 bridgehead atoms. The van der Waals surface area contributed by atoms with Crippen molar-refractivity contribution in [2.75, 3.05) is 12.4 Å². The molecule has 2 aromatic rings. The van der Waals surface area contributed by atoms with Gasteiger partial charge in [-0.1, -0.05) is 0 Å². The van der Waals surface area contributed by atoms with Crippen LogP contribution in [0.4, 0.5) is 27.6 Å². The number of anilines is 1. The number of hydrogen-bond acceptors (Lipinski definition) is 5. The van der Waals surface area contributed by atoms with Crippen LogP contribution < -0.4 is 16.0 Å². The highest BCUT2D eigenvalue weighted by Gasteiger charge is 2.62. The smallest absolute Gasteiger partial charge is 0.294 e. The van der Waals surface area contributed by atoms with Gasteiger partial charge in [0.2, 0.25) is 5.91 Å². The van der Waals surface area contributed by atoms with E-state index in [0.717, 1.165) is 0 Å². The molecular weight excluding hydrogens is 491 g/mol. The van der Waals surface area contributed by atoms with Crippen LogP contribution in [0.2, 0.25) is 0 Å². The molecule has 2 amide bonds. The van der Waals surface area contributed by atoms with Gasteiger partial charge in [-0.25, -0.2) is 22.0 Å². The number of carbonyl (C=O) groups is 3. The maximum Gasteiger partial charge on any atom is 0.294 e. The number of hydrogen-bond donors (Lipinski definition) is 4. The third-order valence-corrected chi connectivity index (χ3v) is 6.58. The number of alkyl halides is 2. The van der Waals surface area contributed by atoms with E-state index in [2.05, 4.69) is 16.0 Å². The molecule has 1 aliphatic heterocycles. The van der Waals surface area contributed by atoms with Crippen LogP contribution in [-0.4, -0.2) is 45.8 Å². The van der Waals surface area contributed by atoms with Crippen molar-refractivity contribution in [1.82, 2.24) is 15.2 Å². The maximum absolute atomic E-state index is 13.6. The van der Waals surface area contributed by atoms with Crippen molar-refractivity contribution in [2.24, 2.45) is 0 Å². The Bertz CT molecular complexity index is 1240. The Kier molecular flexibility index (Phi) is 6.31. The fourth-order valence-electron chi connectivity index (χ4n) is 5.03.